The van der Waals surface area contributed by atoms with Crippen molar-refractivity contribution in [2.24, 2.45) is 0 Å². The van der Waals surface area contributed by atoms with Gasteiger partial charge in [0.2, 0.25) is 11.0 Å². The van der Waals surface area contributed by atoms with E-state index in [1.165, 1.54) is 23.1 Å². The van der Waals surface area contributed by atoms with Crippen LogP contribution in [0.15, 0.2) is 58.9 Å². The van der Waals surface area contributed by atoms with Crippen LogP contribution in [0.2, 0.25) is 0 Å². The Morgan fingerprint density at radius 3 is 2.59 bits per heavy atom. The first kappa shape index (κ1) is 19.2. The van der Waals surface area contributed by atoms with Crippen molar-refractivity contribution in [2.45, 2.75) is 16.5 Å². The van der Waals surface area contributed by atoms with E-state index in [4.69, 9.17) is 4.74 Å². The zero-order chi connectivity index (χ0) is 19.1. The maximum absolute atomic E-state index is 13.1. The number of nitrogens with zero attached hydrogens (tertiary/aromatic N) is 2. The Kier molecular flexibility index (Phi) is 6.67. The summed E-state index contributed by atoms with van der Waals surface area (Å²) in [5.74, 6) is 0.512. The van der Waals surface area contributed by atoms with Crippen LogP contribution >= 0.6 is 23.1 Å². The van der Waals surface area contributed by atoms with Gasteiger partial charge in [-0.2, -0.15) is 0 Å². The Morgan fingerprint density at radius 2 is 1.89 bits per heavy atom. The molecule has 2 aromatic carbocycles. The van der Waals surface area contributed by atoms with Crippen molar-refractivity contribution in [3.05, 3.63) is 60.2 Å². The van der Waals surface area contributed by atoms with Crippen LogP contribution in [0.4, 0.5) is 10.8 Å². The molecule has 0 saturated carbocycles. The third-order valence-electron chi connectivity index (χ3n) is 3.62. The molecule has 1 atom stereocenters. The van der Waals surface area contributed by atoms with Gasteiger partial charge in [0.15, 0.2) is 4.34 Å². The number of anilines is 2. The molecule has 3 rings (SSSR count). The van der Waals surface area contributed by atoms with Gasteiger partial charge in [-0.25, -0.2) is 0 Å². The molecule has 27 heavy (non-hydrogen) atoms. The summed E-state index contributed by atoms with van der Waals surface area (Å²) in [4.78, 5) is 13.1. The summed E-state index contributed by atoms with van der Waals surface area (Å²) in [5.41, 5.74) is 1.55. The third kappa shape index (κ3) is 4.99. The number of nitrogens with one attached hydrogen (secondary N) is 2. The number of aromatic nitrogens is 2. The first-order valence-corrected chi connectivity index (χ1v) is 10.2. The number of amides is 1. The van der Waals surface area contributed by atoms with Crippen molar-refractivity contribution in [3.63, 3.8) is 0 Å². The second-order valence-electron chi connectivity index (χ2n) is 5.45. The van der Waals surface area contributed by atoms with Crippen LogP contribution in [-0.4, -0.2) is 29.8 Å². The van der Waals surface area contributed by atoms with E-state index in [0.29, 0.717) is 23.2 Å². The van der Waals surface area contributed by atoms with Crippen molar-refractivity contribution in [2.75, 3.05) is 24.3 Å². The second-order valence-corrected chi connectivity index (χ2v) is 7.78. The first-order chi connectivity index (χ1) is 13.2. The molecule has 1 heterocycles. The van der Waals surface area contributed by atoms with Crippen LogP contribution in [0.3, 0.4) is 0 Å². The number of ether oxygens (including phenoxy) is 1. The number of thioether (sulfide) groups is 1. The number of carbonyl (C=O) groups is 1. The number of carbonyl (C=O) groups excluding carboxylic acids is 1. The Bertz CT molecular complexity index is 886. The molecule has 8 heteroatoms. The van der Waals surface area contributed by atoms with Crippen LogP contribution in [0.5, 0.6) is 5.75 Å². The molecule has 0 spiro atoms. The van der Waals surface area contributed by atoms with E-state index in [-0.39, 0.29) is 5.91 Å². The minimum atomic E-state index is -0.460. The SMILES string of the molecule is CCOc1ccccc1NC(=O)[C@@H](Sc1nnc(NC)s1)c1ccccc1. The molecular weight excluding hydrogens is 380 g/mol. The molecule has 0 unspecified atom stereocenters. The van der Waals surface area contributed by atoms with Gasteiger partial charge < -0.3 is 15.4 Å². The fourth-order valence-corrected chi connectivity index (χ4v) is 4.31. The lowest BCUT2D eigenvalue weighted by atomic mass is 10.1. The zero-order valence-corrected chi connectivity index (χ0v) is 16.6. The minimum absolute atomic E-state index is 0.139. The van der Waals surface area contributed by atoms with Crippen LogP contribution in [-0.2, 0) is 4.79 Å². The Hall–Kier alpha value is -2.58. The molecule has 140 valence electrons. The molecule has 0 bridgehead atoms. The number of rotatable bonds is 8. The molecular formula is C19H20N4O2S2. The van der Waals surface area contributed by atoms with Gasteiger partial charge in [0.1, 0.15) is 11.0 Å². The van der Waals surface area contributed by atoms with Crippen molar-refractivity contribution in [3.8, 4) is 5.75 Å². The highest BCUT2D eigenvalue weighted by atomic mass is 32.2. The van der Waals surface area contributed by atoms with Crippen molar-refractivity contribution in [1.82, 2.24) is 10.2 Å². The third-order valence-corrected chi connectivity index (χ3v) is 5.90. The fourth-order valence-electron chi connectivity index (χ4n) is 2.41. The van der Waals surface area contributed by atoms with Crippen LogP contribution in [0.25, 0.3) is 0 Å². The second kappa shape index (κ2) is 9.38. The topological polar surface area (TPSA) is 76.1 Å². The molecule has 1 amide bonds. The van der Waals surface area contributed by atoms with Gasteiger partial charge in [0.25, 0.3) is 0 Å². The van der Waals surface area contributed by atoms with Gasteiger partial charge in [-0.05, 0) is 24.6 Å². The van der Waals surface area contributed by atoms with Gasteiger partial charge in [-0.1, -0.05) is 65.6 Å². The van der Waals surface area contributed by atoms with Gasteiger partial charge in [-0.15, -0.1) is 10.2 Å². The van der Waals surface area contributed by atoms with Crippen molar-refractivity contribution in [1.29, 1.82) is 0 Å². The minimum Gasteiger partial charge on any atom is -0.492 e. The average molecular weight is 401 g/mol. The molecule has 0 saturated heterocycles. The molecule has 3 aromatic rings. The zero-order valence-electron chi connectivity index (χ0n) is 15.0. The smallest absolute Gasteiger partial charge is 0.242 e. The first-order valence-electron chi connectivity index (χ1n) is 8.46. The number of hydrogen-bond donors (Lipinski definition) is 2. The predicted octanol–water partition coefficient (Wildman–Crippen LogP) is 4.45. The Morgan fingerprint density at radius 1 is 1.15 bits per heavy atom. The Labute approximate surface area is 166 Å². The van der Waals surface area contributed by atoms with Gasteiger partial charge in [0.05, 0.1) is 12.3 Å². The highest BCUT2D eigenvalue weighted by molar-refractivity contribution is 8.02. The summed E-state index contributed by atoms with van der Waals surface area (Å²) in [6.45, 7) is 2.44. The maximum Gasteiger partial charge on any atom is 0.242 e. The molecule has 2 N–H and O–H groups in total. The van der Waals surface area contributed by atoms with E-state index < -0.39 is 5.25 Å². The quantitative estimate of drug-likeness (QED) is 0.544. The summed E-state index contributed by atoms with van der Waals surface area (Å²) in [7, 11) is 1.79. The summed E-state index contributed by atoms with van der Waals surface area (Å²) < 4.78 is 6.33. The maximum atomic E-state index is 13.1. The van der Waals surface area contributed by atoms with Crippen molar-refractivity contribution >= 4 is 39.8 Å². The molecule has 0 aliphatic heterocycles. The predicted molar refractivity (Wildman–Crippen MR) is 111 cm³/mol. The van der Waals surface area contributed by atoms with E-state index in [1.54, 1.807) is 7.05 Å². The molecule has 0 radical (unpaired) electrons. The molecule has 6 nitrogen and oxygen atoms in total. The molecule has 0 aliphatic carbocycles. The summed E-state index contributed by atoms with van der Waals surface area (Å²) >= 11 is 2.79. The van der Waals surface area contributed by atoms with Gasteiger partial charge >= 0.3 is 0 Å². The fraction of sp³-hybridized carbons (Fsp3) is 0.211. The monoisotopic (exact) mass is 400 g/mol. The highest BCUT2D eigenvalue weighted by Gasteiger charge is 2.24. The number of hydrogen-bond acceptors (Lipinski definition) is 7. The van der Waals surface area contributed by atoms with Crippen molar-refractivity contribution < 1.29 is 9.53 Å². The normalized spacial score (nSPS) is 11.6. The highest BCUT2D eigenvalue weighted by Crippen LogP contribution is 2.39. The van der Waals surface area contributed by atoms with Crippen LogP contribution in [0.1, 0.15) is 17.7 Å². The van der Waals surface area contributed by atoms with Gasteiger partial charge in [-0.3, -0.25) is 4.79 Å². The lowest BCUT2D eigenvalue weighted by Gasteiger charge is -2.17. The number of benzene rings is 2. The lowest BCUT2D eigenvalue weighted by Crippen LogP contribution is -2.19. The largest absolute Gasteiger partial charge is 0.492 e. The van der Waals surface area contributed by atoms with E-state index in [2.05, 4.69) is 20.8 Å². The van der Waals surface area contributed by atoms with E-state index >= 15 is 0 Å². The standard InChI is InChI=1S/C19H20N4O2S2/c1-3-25-15-12-8-7-11-14(15)21-17(24)16(13-9-5-4-6-10-13)26-19-23-22-18(20-2)27-19/h4-12,16H,3H2,1-2H3,(H,20,22)(H,21,24)/t16-/m0/s1. The molecule has 0 aliphatic rings. The summed E-state index contributed by atoms with van der Waals surface area (Å²) in [5, 5.41) is 14.4. The Balaban J connectivity index is 1.85. The van der Waals surface area contributed by atoms with Crippen LogP contribution in [0, 0.1) is 0 Å². The lowest BCUT2D eigenvalue weighted by molar-refractivity contribution is -0.115. The summed E-state index contributed by atoms with van der Waals surface area (Å²) in [6, 6.07) is 17.1. The molecule has 0 fully saturated rings. The van der Waals surface area contributed by atoms with Gasteiger partial charge in [0, 0.05) is 7.05 Å². The average Bonchev–Trinajstić information content (AvgIpc) is 3.16. The number of para-hydroxylation sites is 2. The van der Waals surface area contributed by atoms with Crippen LogP contribution < -0.4 is 15.4 Å². The van der Waals surface area contributed by atoms with E-state index in [0.717, 1.165) is 9.90 Å². The summed E-state index contributed by atoms with van der Waals surface area (Å²) in [6.07, 6.45) is 0. The van der Waals surface area contributed by atoms with E-state index in [1.807, 2.05) is 61.5 Å². The molecule has 1 aromatic heterocycles. The van der Waals surface area contributed by atoms with E-state index in [9.17, 15) is 4.79 Å².